The highest BCUT2D eigenvalue weighted by atomic mass is 16.1. The van der Waals surface area contributed by atoms with Gasteiger partial charge < -0.3 is 10.6 Å². The summed E-state index contributed by atoms with van der Waals surface area (Å²) in [6.07, 6.45) is 2.31. The molecule has 2 aromatic rings. The van der Waals surface area contributed by atoms with E-state index in [1.54, 1.807) is 0 Å². The molecule has 3 N–H and O–H groups in total. The van der Waals surface area contributed by atoms with Gasteiger partial charge in [0.25, 0.3) is 0 Å². The first-order valence-electron chi connectivity index (χ1n) is 8.62. The first kappa shape index (κ1) is 14.9. The van der Waals surface area contributed by atoms with E-state index in [9.17, 15) is 4.79 Å². The molecule has 0 aliphatic carbocycles. The predicted molar refractivity (Wildman–Crippen MR) is 91.9 cm³/mol. The molecule has 0 amide bonds. The van der Waals surface area contributed by atoms with Crippen LogP contribution in [0.5, 0.6) is 0 Å². The van der Waals surface area contributed by atoms with Gasteiger partial charge in [0.15, 0.2) is 0 Å². The smallest absolute Gasteiger partial charge is 0.317 e. The van der Waals surface area contributed by atoms with Crippen molar-refractivity contribution in [3.05, 3.63) is 34.2 Å². The fraction of sp³-hybridized carbons (Fsp3) is 0.588. The third-order valence-electron chi connectivity index (χ3n) is 5.24. The number of rotatable bonds is 2. The van der Waals surface area contributed by atoms with E-state index in [0.717, 1.165) is 56.6 Å². The number of imidazole rings is 1. The van der Waals surface area contributed by atoms with Crippen molar-refractivity contribution in [1.29, 1.82) is 0 Å². The Bertz CT molecular complexity index is 750. The van der Waals surface area contributed by atoms with E-state index in [1.165, 1.54) is 5.56 Å². The zero-order valence-corrected chi connectivity index (χ0v) is 13.6. The second kappa shape index (κ2) is 6.11. The monoisotopic (exact) mass is 315 g/mol. The minimum Gasteiger partial charge on any atom is -0.317 e. The standard InChI is InChI=1S/C17H25N5O/c1-21-16-13(12-5-7-18-8-6-12)3-2-4-14(16)22(17(21)23)15-11-19-9-10-20-15/h2-4,12,15,18-20H,5-11H2,1H3. The van der Waals surface area contributed by atoms with E-state index in [-0.39, 0.29) is 11.9 Å². The number of piperidine rings is 1. The maximum atomic E-state index is 12.9. The van der Waals surface area contributed by atoms with Crippen LogP contribution in [0.1, 0.15) is 30.5 Å². The van der Waals surface area contributed by atoms with Crippen LogP contribution in [0.2, 0.25) is 0 Å². The molecular formula is C17H25N5O. The van der Waals surface area contributed by atoms with Crippen LogP contribution in [-0.2, 0) is 7.05 Å². The number of hydrogen-bond acceptors (Lipinski definition) is 4. The van der Waals surface area contributed by atoms with Gasteiger partial charge in [-0.25, -0.2) is 4.79 Å². The van der Waals surface area contributed by atoms with Crippen LogP contribution in [0.4, 0.5) is 0 Å². The minimum atomic E-state index is 0.0308. The Hall–Kier alpha value is -1.63. The summed E-state index contributed by atoms with van der Waals surface area (Å²) in [4.78, 5) is 12.9. The normalized spacial score (nSPS) is 23.4. The average Bonchev–Trinajstić information content (AvgIpc) is 2.88. The van der Waals surface area contributed by atoms with Crippen molar-refractivity contribution in [3.63, 3.8) is 0 Å². The number of nitrogens with one attached hydrogen (secondary N) is 3. The maximum Gasteiger partial charge on any atom is 0.330 e. The molecule has 2 saturated heterocycles. The Morgan fingerprint density at radius 1 is 1.09 bits per heavy atom. The van der Waals surface area contributed by atoms with Gasteiger partial charge in [-0.05, 0) is 43.5 Å². The quantitative estimate of drug-likeness (QED) is 0.755. The number of benzene rings is 1. The fourth-order valence-corrected chi connectivity index (χ4v) is 4.05. The molecule has 2 aliphatic heterocycles. The lowest BCUT2D eigenvalue weighted by atomic mass is 9.89. The molecule has 3 heterocycles. The summed E-state index contributed by atoms with van der Waals surface area (Å²) in [6, 6.07) is 6.39. The number of nitrogens with zero attached hydrogens (tertiary/aromatic N) is 2. The number of aromatic nitrogens is 2. The van der Waals surface area contributed by atoms with Gasteiger partial charge in [0.1, 0.15) is 6.17 Å². The zero-order chi connectivity index (χ0) is 15.8. The Morgan fingerprint density at radius 2 is 1.91 bits per heavy atom. The highest BCUT2D eigenvalue weighted by Gasteiger charge is 2.25. The summed E-state index contributed by atoms with van der Waals surface area (Å²) in [6.45, 7) is 4.75. The Kier molecular flexibility index (Phi) is 3.97. The Morgan fingerprint density at radius 3 is 2.65 bits per heavy atom. The molecule has 6 nitrogen and oxygen atoms in total. The van der Waals surface area contributed by atoms with Gasteiger partial charge in [0.2, 0.25) is 0 Å². The third kappa shape index (κ3) is 2.51. The van der Waals surface area contributed by atoms with Crippen LogP contribution in [0.25, 0.3) is 11.0 Å². The van der Waals surface area contributed by atoms with Crippen molar-refractivity contribution < 1.29 is 0 Å². The maximum absolute atomic E-state index is 12.9. The second-order valence-corrected chi connectivity index (χ2v) is 6.62. The topological polar surface area (TPSA) is 63.0 Å². The second-order valence-electron chi connectivity index (χ2n) is 6.62. The predicted octanol–water partition coefficient (Wildman–Crippen LogP) is 0.498. The van der Waals surface area contributed by atoms with E-state index >= 15 is 0 Å². The highest BCUT2D eigenvalue weighted by molar-refractivity contribution is 5.80. The largest absolute Gasteiger partial charge is 0.330 e. The minimum absolute atomic E-state index is 0.0308. The van der Waals surface area contributed by atoms with Gasteiger partial charge in [-0.1, -0.05) is 12.1 Å². The van der Waals surface area contributed by atoms with Crippen molar-refractivity contribution in [2.45, 2.75) is 24.9 Å². The van der Waals surface area contributed by atoms with Gasteiger partial charge in [-0.2, -0.15) is 0 Å². The molecular weight excluding hydrogens is 290 g/mol. The van der Waals surface area contributed by atoms with Crippen LogP contribution < -0.4 is 21.6 Å². The lowest BCUT2D eigenvalue weighted by molar-refractivity contribution is 0.336. The molecule has 0 spiro atoms. The van der Waals surface area contributed by atoms with Crippen LogP contribution in [-0.4, -0.2) is 41.9 Å². The molecule has 1 aromatic heterocycles. The molecule has 1 atom stereocenters. The molecule has 1 aromatic carbocycles. The van der Waals surface area contributed by atoms with Crippen LogP contribution >= 0.6 is 0 Å². The number of piperazine rings is 1. The van der Waals surface area contributed by atoms with Gasteiger partial charge in [-0.15, -0.1) is 0 Å². The first-order valence-corrected chi connectivity index (χ1v) is 8.62. The summed E-state index contributed by atoms with van der Waals surface area (Å²) in [5.74, 6) is 0.541. The van der Waals surface area contributed by atoms with E-state index in [0.29, 0.717) is 5.92 Å². The van der Waals surface area contributed by atoms with Crippen LogP contribution in [0.15, 0.2) is 23.0 Å². The molecule has 6 heteroatoms. The molecule has 1 unspecified atom stereocenters. The summed E-state index contributed by atoms with van der Waals surface area (Å²) in [5, 5.41) is 10.3. The van der Waals surface area contributed by atoms with Crippen molar-refractivity contribution in [1.82, 2.24) is 25.1 Å². The summed E-state index contributed by atoms with van der Waals surface area (Å²) in [5.41, 5.74) is 3.56. The highest BCUT2D eigenvalue weighted by Crippen LogP contribution is 2.31. The lowest BCUT2D eigenvalue weighted by Gasteiger charge is -2.26. The summed E-state index contributed by atoms with van der Waals surface area (Å²) >= 11 is 0. The third-order valence-corrected chi connectivity index (χ3v) is 5.24. The SMILES string of the molecule is Cn1c(=O)n(C2CNCCN2)c2cccc(C3CCNCC3)c21. The first-order chi connectivity index (χ1) is 11.3. The van der Waals surface area contributed by atoms with Crippen molar-refractivity contribution in [3.8, 4) is 0 Å². The lowest BCUT2D eigenvalue weighted by Crippen LogP contribution is -2.48. The van der Waals surface area contributed by atoms with Crippen molar-refractivity contribution in [2.75, 3.05) is 32.7 Å². The number of hydrogen-bond donors (Lipinski definition) is 3. The Labute approximate surface area is 135 Å². The van der Waals surface area contributed by atoms with E-state index in [4.69, 9.17) is 0 Å². The van der Waals surface area contributed by atoms with E-state index in [2.05, 4.69) is 34.1 Å². The van der Waals surface area contributed by atoms with Crippen LogP contribution in [0.3, 0.4) is 0 Å². The van der Waals surface area contributed by atoms with Gasteiger partial charge in [0, 0.05) is 26.7 Å². The zero-order valence-electron chi connectivity index (χ0n) is 13.6. The van der Waals surface area contributed by atoms with Gasteiger partial charge in [0.05, 0.1) is 11.0 Å². The molecule has 0 saturated carbocycles. The number of para-hydroxylation sites is 1. The summed E-state index contributed by atoms with van der Waals surface area (Å²) < 4.78 is 3.76. The molecule has 4 rings (SSSR count). The van der Waals surface area contributed by atoms with Gasteiger partial charge >= 0.3 is 5.69 Å². The van der Waals surface area contributed by atoms with E-state index < -0.39 is 0 Å². The molecule has 23 heavy (non-hydrogen) atoms. The van der Waals surface area contributed by atoms with Crippen molar-refractivity contribution >= 4 is 11.0 Å². The van der Waals surface area contributed by atoms with Gasteiger partial charge in [-0.3, -0.25) is 14.5 Å². The molecule has 0 bridgehead atoms. The van der Waals surface area contributed by atoms with Crippen molar-refractivity contribution in [2.24, 2.45) is 7.05 Å². The fourth-order valence-electron chi connectivity index (χ4n) is 4.05. The average molecular weight is 315 g/mol. The number of aryl methyl sites for hydroxylation is 1. The summed E-state index contributed by atoms with van der Waals surface area (Å²) in [7, 11) is 1.90. The van der Waals surface area contributed by atoms with Crippen LogP contribution in [0, 0.1) is 0 Å². The molecule has 2 aliphatic rings. The molecule has 124 valence electrons. The van der Waals surface area contributed by atoms with E-state index in [1.807, 2.05) is 16.2 Å². The Balaban J connectivity index is 1.86. The molecule has 2 fully saturated rings. The molecule has 0 radical (unpaired) electrons. The number of fused-ring (bicyclic) bond motifs is 1.